The zero-order valence-corrected chi connectivity index (χ0v) is 16.7. The van der Waals surface area contributed by atoms with Crippen molar-refractivity contribution in [3.63, 3.8) is 0 Å². The van der Waals surface area contributed by atoms with Gasteiger partial charge in [-0.05, 0) is 57.4 Å². The quantitative estimate of drug-likeness (QED) is 0.581. The van der Waals surface area contributed by atoms with E-state index in [1.807, 2.05) is 56.3 Å². The predicted octanol–water partition coefficient (Wildman–Crippen LogP) is 4.45. The SMILES string of the molecule is Cc1ccc(C#CCN(C2C=CCCC2)S(=O)(=O)c2ccc(C)cc2)cc1. The van der Waals surface area contributed by atoms with Crippen molar-refractivity contribution in [2.45, 2.75) is 44.0 Å². The molecule has 1 aliphatic carbocycles. The zero-order chi connectivity index (χ0) is 19.3. The van der Waals surface area contributed by atoms with Crippen molar-refractivity contribution in [1.29, 1.82) is 0 Å². The largest absolute Gasteiger partial charge is 0.244 e. The topological polar surface area (TPSA) is 37.4 Å². The summed E-state index contributed by atoms with van der Waals surface area (Å²) in [5.41, 5.74) is 3.11. The summed E-state index contributed by atoms with van der Waals surface area (Å²) >= 11 is 0. The minimum absolute atomic E-state index is 0.141. The maximum atomic E-state index is 13.3. The highest BCUT2D eigenvalue weighted by Crippen LogP contribution is 2.24. The Kier molecular flexibility index (Phi) is 6.15. The van der Waals surface area contributed by atoms with Gasteiger partial charge in [0.1, 0.15) is 0 Å². The van der Waals surface area contributed by atoms with Crippen LogP contribution in [0.1, 0.15) is 36.0 Å². The third kappa shape index (κ3) is 4.88. The van der Waals surface area contributed by atoms with E-state index in [1.165, 1.54) is 9.87 Å². The molecule has 0 bridgehead atoms. The minimum Gasteiger partial charge on any atom is -0.207 e. The van der Waals surface area contributed by atoms with E-state index in [4.69, 9.17) is 0 Å². The zero-order valence-electron chi connectivity index (χ0n) is 15.9. The molecule has 0 amide bonds. The van der Waals surface area contributed by atoms with Crippen LogP contribution < -0.4 is 0 Å². The Morgan fingerprint density at radius 1 is 1.00 bits per heavy atom. The van der Waals surface area contributed by atoms with Crippen LogP contribution in [-0.2, 0) is 10.0 Å². The van der Waals surface area contributed by atoms with Crippen LogP contribution in [0.2, 0.25) is 0 Å². The molecule has 1 atom stereocenters. The number of aryl methyl sites for hydroxylation is 2. The van der Waals surface area contributed by atoms with Crippen LogP contribution in [0.4, 0.5) is 0 Å². The van der Waals surface area contributed by atoms with Crippen molar-refractivity contribution in [2.24, 2.45) is 0 Å². The molecule has 1 aliphatic rings. The summed E-state index contributed by atoms with van der Waals surface area (Å²) in [6.07, 6.45) is 6.90. The first-order valence-electron chi connectivity index (χ1n) is 9.27. The second-order valence-corrected chi connectivity index (χ2v) is 8.85. The molecule has 2 aromatic carbocycles. The van der Waals surface area contributed by atoms with Crippen molar-refractivity contribution in [3.05, 3.63) is 77.4 Å². The predicted molar refractivity (Wildman–Crippen MR) is 110 cm³/mol. The minimum atomic E-state index is -3.60. The summed E-state index contributed by atoms with van der Waals surface area (Å²) in [5, 5.41) is 0. The maximum absolute atomic E-state index is 13.3. The van der Waals surface area contributed by atoms with Gasteiger partial charge in [-0.1, -0.05) is 59.4 Å². The van der Waals surface area contributed by atoms with E-state index in [1.54, 1.807) is 12.1 Å². The van der Waals surface area contributed by atoms with Gasteiger partial charge in [0.05, 0.1) is 11.4 Å². The molecule has 27 heavy (non-hydrogen) atoms. The van der Waals surface area contributed by atoms with Gasteiger partial charge in [-0.15, -0.1) is 0 Å². The van der Waals surface area contributed by atoms with Crippen molar-refractivity contribution >= 4 is 10.0 Å². The lowest BCUT2D eigenvalue weighted by molar-refractivity contribution is 0.365. The number of allylic oxidation sites excluding steroid dienone is 1. The van der Waals surface area contributed by atoms with Crippen LogP contribution in [0.5, 0.6) is 0 Å². The van der Waals surface area contributed by atoms with Gasteiger partial charge in [0.2, 0.25) is 10.0 Å². The molecule has 140 valence electrons. The average molecular weight is 380 g/mol. The number of nitrogens with zero attached hydrogens (tertiary/aromatic N) is 1. The number of rotatable bonds is 4. The van der Waals surface area contributed by atoms with Gasteiger partial charge in [0.25, 0.3) is 0 Å². The smallest absolute Gasteiger partial charge is 0.207 e. The first kappa shape index (κ1) is 19.4. The molecule has 3 rings (SSSR count). The first-order valence-corrected chi connectivity index (χ1v) is 10.7. The van der Waals surface area contributed by atoms with E-state index >= 15 is 0 Å². The normalized spacial score (nSPS) is 16.8. The van der Waals surface area contributed by atoms with Gasteiger partial charge in [-0.25, -0.2) is 8.42 Å². The molecule has 0 N–H and O–H groups in total. The molecule has 2 aromatic rings. The third-order valence-electron chi connectivity index (χ3n) is 4.75. The molecule has 0 saturated carbocycles. The van der Waals surface area contributed by atoms with Gasteiger partial charge < -0.3 is 0 Å². The lowest BCUT2D eigenvalue weighted by Crippen LogP contribution is -2.40. The Hall–Kier alpha value is -2.35. The van der Waals surface area contributed by atoms with Gasteiger partial charge in [0.15, 0.2) is 0 Å². The Labute approximate surface area is 162 Å². The molecular formula is C23H25NO2S. The van der Waals surface area contributed by atoms with Crippen LogP contribution in [-0.4, -0.2) is 25.3 Å². The number of sulfonamides is 1. The molecule has 0 fully saturated rings. The van der Waals surface area contributed by atoms with Gasteiger partial charge in [0, 0.05) is 11.6 Å². The lowest BCUT2D eigenvalue weighted by atomic mass is 10.0. The Balaban J connectivity index is 1.89. The molecule has 1 unspecified atom stereocenters. The third-order valence-corrected chi connectivity index (χ3v) is 6.63. The fraction of sp³-hybridized carbons (Fsp3) is 0.304. The summed E-state index contributed by atoms with van der Waals surface area (Å²) in [6, 6.07) is 14.8. The van der Waals surface area contributed by atoms with Gasteiger partial charge >= 0.3 is 0 Å². The molecule has 0 saturated heterocycles. The molecule has 3 nitrogen and oxygen atoms in total. The highest BCUT2D eigenvalue weighted by atomic mass is 32.2. The fourth-order valence-electron chi connectivity index (χ4n) is 3.12. The number of hydrogen-bond donors (Lipinski definition) is 0. The second-order valence-electron chi connectivity index (χ2n) is 6.96. The van der Waals surface area contributed by atoms with Crippen LogP contribution in [0.25, 0.3) is 0 Å². The highest BCUT2D eigenvalue weighted by Gasteiger charge is 2.30. The summed E-state index contributed by atoms with van der Waals surface area (Å²) in [4.78, 5) is 0.323. The molecule has 0 heterocycles. The highest BCUT2D eigenvalue weighted by molar-refractivity contribution is 7.89. The Morgan fingerprint density at radius 2 is 1.63 bits per heavy atom. The van der Waals surface area contributed by atoms with Crippen molar-refractivity contribution in [1.82, 2.24) is 4.31 Å². The van der Waals surface area contributed by atoms with E-state index in [-0.39, 0.29) is 12.6 Å². The number of hydrogen-bond acceptors (Lipinski definition) is 2. The lowest BCUT2D eigenvalue weighted by Gasteiger charge is -2.29. The van der Waals surface area contributed by atoms with E-state index in [0.717, 1.165) is 30.4 Å². The molecular weight excluding hydrogens is 354 g/mol. The standard InChI is InChI=1S/C23H25NO2S/c1-19-10-14-21(15-11-19)7-6-18-24(22-8-4-3-5-9-22)27(25,26)23-16-12-20(2)13-17-23/h4,8,10-17,22H,3,5,9,18H2,1-2H3. The maximum Gasteiger partial charge on any atom is 0.244 e. The second kappa shape index (κ2) is 8.56. The van der Waals surface area contributed by atoms with Crippen molar-refractivity contribution in [3.8, 4) is 11.8 Å². The van der Waals surface area contributed by atoms with E-state index in [2.05, 4.69) is 17.9 Å². The van der Waals surface area contributed by atoms with Crippen molar-refractivity contribution in [2.75, 3.05) is 6.54 Å². The monoisotopic (exact) mass is 379 g/mol. The molecule has 0 spiro atoms. The molecule has 0 radical (unpaired) electrons. The van der Waals surface area contributed by atoms with Crippen LogP contribution in [0.3, 0.4) is 0 Å². The summed E-state index contributed by atoms with van der Waals surface area (Å²) in [7, 11) is -3.60. The van der Waals surface area contributed by atoms with Crippen LogP contribution in [0, 0.1) is 25.7 Å². The fourth-order valence-corrected chi connectivity index (χ4v) is 4.63. The number of benzene rings is 2. The molecule has 4 heteroatoms. The molecule has 0 aliphatic heterocycles. The average Bonchev–Trinajstić information content (AvgIpc) is 2.67. The Morgan fingerprint density at radius 3 is 2.22 bits per heavy atom. The summed E-state index contributed by atoms with van der Waals surface area (Å²) in [5.74, 6) is 6.16. The van der Waals surface area contributed by atoms with E-state index in [9.17, 15) is 8.42 Å². The van der Waals surface area contributed by atoms with E-state index < -0.39 is 10.0 Å². The van der Waals surface area contributed by atoms with Crippen LogP contribution >= 0.6 is 0 Å². The van der Waals surface area contributed by atoms with Gasteiger partial charge in [-0.2, -0.15) is 4.31 Å². The van der Waals surface area contributed by atoms with Crippen molar-refractivity contribution < 1.29 is 8.42 Å². The van der Waals surface area contributed by atoms with Crippen LogP contribution in [0.15, 0.2) is 65.6 Å². The summed E-state index contributed by atoms with van der Waals surface area (Å²) in [6.45, 7) is 4.16. The first-order chi connectivity index (χ1) is 13.0. The molecule has 0 aromatic heterocycles. The van der Waals surface area contributed by atoms with Gasteiger partial charge in [-0.3, -0.25) is 0 Å². The Bertz CT molecular complexity index is 962. The summed E-state index contributed by atoms with van der Waals surface area (Å²) < 4.78 is 28.0. The van der Waals surface area contributed by atoms with E-state index in [0.29, 0.717) is 4.90 Å².